The molecule has 13 nitrogen and oxygen atoms in total. The van der Waals surface area contributed by atoms with E-state index in [4.69, 9.17) is 5.10 Å². The molecule has 9 rings (SSSR count). The van der Waals surface area contributed by atoms with Crippen LogP contribution in [0.1, 0.15) is 73.6 Å². The molecule has 3 fully saturated rings. The van der Waals surface area contributed by atoms with E-state index < -0.39 is 11.9 Å². The molecule has 0 radical (unpaired) electrons. The molecule has 13 heteroatoms. The molecule has 1 aliphatic carbocycles. The van der Waals surface area contributed by atoms with E-state index in [9.17, 15) is 19.2 Å². The summed E-state index contributed by atoms with van der Waals surface area (Å²) < 4.78 is 3.20. The fraction of sp³-hybridized carbons (Fsp3) is 0.488. The summed E-state index contributed by atoms with van der Waals surface area (Å²) in [6.07, 6.45) is 5.78. The minimum Gasteiger partial charge on any atom is -0.370 e. The first kappa shape index (κ1) is 34.6. The summed E-state index contributed by atoms with van der Waals surface area (Å²) in [5.74, 6) is -0.0833. The van der Waals surface area contributed by atoms with Gasteiger partial charge in [0.25, 0.3) is 5.91 Å². The second kappa shape index (κ2) is 13.3. The molecule has 6 heterocycles. The number of carbonyl (C=O) groups excluding carboxylic acids is 3. The van der Waals surface area contributed by atoms with Crippen molar-refractivity contribution < 1.29 is 14.4 Å². The molecule has 3 aliphatic heterocycles. The lowest BCUT2D eigenvalue weighted by Crippen LogP contribution is -2.50. The van der Waals surface area contributed by atoms with Crippen LogP contribution < -0.4 is 15.9 Å². The van der Waals surface area contributed by atoms with Crippen molar-refractivity contribution in [3.63, 3.8) is 0 Å². The number of aromatic amines is 2. The lowest BCUT2D eigenvalue weighted by molar-refractivity contribution is -0.135. The van der Waals surface area contributed by atoms with Crippen molar-refractivity contribution in [2.75, 3.05) is 50.7 Å². The molecule has 0 saturated carbocycles. The van der Waals surface area contributed by atoms with Crippen molar-refractivity contribution >= 4 is 45.3 Å². The Balaban J connectivity index is 0.805. The van der Waals surface area contributed by atoms with Gasteiger partial charge in [-0.25, -0.2) is 4.79 Å². The summed E-state index contributed by atoms with van der Waals surface area (Å²) in [5.41, 5.74) is 8.80. The number of aromatic nitrogens is 5. The molecule has 3 N–H and O–H groups in total. The molecule has 0 spiro atoms. The number of rotatable bonds is 6. The van der Waals surface area contributed by atoms with Gasteiger partial charge in [-0.1, -0.05) is 26.0 Å². The number of H-pyrrole nitrogens is 2. The number of nitrogens with one attached hydrogen (secondary N) is 3. The van der Waals surface area contributed by atoms with Gasteiger partial charge in [-0.3, -0.25) is 38.8 Å². The van der Waals surface area contributed by atoms with Crippen LogP contribution in [0.4, 0.5) is 5.69 Å². The Morgan fingerprint density at radius 1 is 0.944 bits per heavy atom. The monoisotopic (exact) mass is 731 g/mol. The summed E-state index contributed by atoms with van der Waals surface area (Å²) in [7, 11) is 1.76. The van der Waals surface area contributed by atoms with Gasteiger partial charge in [0, 0.05) is 87.0 Å². The number of hydrogen-bond donors (Lipinski definition) is 3. The smallest absolute Gasteiger partial charge is 0.329 e. The van der Waals surface area contributed by atoms with E-state index in [0.29, 0.717) is 31.0 Å². The third-order valence-electron chi connectivity index (χ3n) is 12.5. The maximum Gasteiger partial charge on any atom is 0.329 e. The molecule has 5 aromatic rings. The zero-order valence-electron chi connectivity index (χ0n) is 31.4. The fourth-order valence-electron chi connectivity index (χ4n) is 9.40. The van der Waals surface area contributed by atoms with Crippen molar-refractivity contribution in [2.24, 2.45) is 18.4 Å². The third kappa shape index (κ3) is 6.11. The number of para-hydroxylation sites is 1. The van der Waals surface area contributed by atoms with Crippen LogP contribution in [0, 0.1) is 11.3 Å². The zero-order chi connectivity index (χ0) is 37.3. The van der Waals surface area contributed by atoms with Gasteiger partial charge in [0.2, 0.25) is 11.8 Å². The van der Waals surface area contributed by atoms with Crippen LogP contribution in [0.2, 0.25) is 0 Å². The molecule has 3 saturated heterocycles. The summed E-state index contributed by atoms with van der Waals surface area (Å²) >= 11 is 0. The predicted molar refractivity (Wildman–Crippen MR) is 208 cm³/mol. The Morgan fingerprint density at radius 3 is 2.52 bits per heavy atom. The number of nitrogens with zero attached hydrogens (tertiary/aromatic N) is 6. The first-order chi connectivity index (χ1) is 26.0. The van der Waals surface area contributed by atoms with Crippen LogP contribution in [0.5, 0.6) is 0 Å². The minimum atomic E-state index is -0.696. The Labute approximate surface area is 313 Å². The maximum atomic E-state index is 13.7. The standard InChI is InChI=1S/C41H49N9O4/c1-41(2)14-11-28-31(23-41)44-45-36(28)30-21-26-7-8-27(22-29(26)42-30)39(53)49-19-17-47(18-20-49)24-25-12-15-48(16-13-25)32-5-4-6-33-37(32)46(3)40(54)50(33)34-9-10-35(51)43-38(34)52/h4-8,21-22,25,34,42H,9-20,23-24H2,1-3H3,(H,44,45)(H,43,51,52). The highest BCUT2D eigenvalue weighted by molar-refractivity contribution is 6.01. The van der Waals surface area contributed by atoms with E-state index in [-0.39, 0.29) is 29.3 Å². The average Bonchev–Trinajstić information content (AvgIpc) is 3.85. The molecule has 0 bridgehead atoms. The molecule has 4 aliphatic rings. The molecule has 1 unspecified atom stereocenters. The first-order valence-corrected chi connectivity index (χ1v) is 19.5. The lowest BCUT2D eigenvalue weighted by Gasteiger charge is -2.39. The van der Waals surface area contributed by atoms with Crippen molar-refractivity contribution in [3.8, 4) is 11.4 Å². The topological polar surface area (TPSA) is 144 Å². The van der Waals surface area contributed by atoms with Crippen molar-refractivity contribution in [3.05, 3.63) is 69.8 Å². The van der Waals surface area contributed by atoms with E-state index in [1.165, 1.54) is 11.3 Å². The van der Waals surface area contributed by atoms with Crippen LogP contribution in [-0.2, 0) is 29.5 Å². The Bertz CT molecular complexity index is 2350. The second-order valence-corrected chi connectivity index (χ2v) is 16.7. The largest absolute Gasteiger partial charge is 0.370 e. The number of carbonyl (C=O) groups is 3. The molecular weight excluding hydrogens is 683 g/mol. The normalized spacial score (nSPS) is 21.2. The highest BCUT2D eigenvalue weighted by Gasteiger charge is 2.33. The molecule has 3 aromatic heterocycles. The number of imidazole rings is 1. The van der Waals surface area contributed by atoms with Crippen LogP contribution >= 0.6 is 0 Å². The Morgan fingerprint density at radius 2 is 1.74 bits per heavy atom. The summed E-state index contributed by atoms with van der Waals surface area (Å²) in [6.45, 7) is 10.5. The number of aryl methyl sites for hydroxylation is 1. The van der Waals surface area contributed by atoms with Crippen molar-refractivity contribution in [2.45, 2.75) is 64.8 Å². The van der Waals surface area contributed by atoms with Crippen LogP contribution in [0.15, 0.2) is 47.3 Å². The number of amides is 3. The Hall–Kier alpha value is -5.17. The SMILES string of the molecule is Cn1c(=O)n(C2CCC(=O)NC2=O)c2cccc(N3CCC(CN4CCN(C(=O)c5ccc6cc(-c7n[nH]c8c7CCC(C)(C)C8)[nH]c6c5)CC4)CC3)c21. The van der Waals surface area contributed by atoms with Crippen molar-refractivity contribution in [1.82, 2.24) is 39.4 Å². The highest BCUT2D eigenvalue weighted by Crippen LogP contribution is 2.38. The average molecular weight is 732 g/mol. The van der Waals surface area contributed by atoms with E-state index in [1.807, 2.05) is 35.2 Å². The number of piperidine rings is 2. The number of piperazine rings is 1. The van der Waals surface area contributed by atoms with Gasteiger partial charge in [0.1, 0.15) is 11.7 Å². The summed E-state index contributed by atoms with van der Waals surface area (Å²) in [5, 5.41) is 11.5. The predicted octanol–water partition coefficient (Wildman–Crippen LogP) is 4.38. The molecule has 54 heavy (non-hydrogen) atoms. The summed E-state index contributed by atoms with van der Waals surface area (Å²) in [4.78, 5) is 62.0. The highest BCUT2D eigenvalue weighted by atomic mass is 16.2. The number of fused-ring (bicyclic) bond motifs is 3. The third-order valence-corrected chi connectivity index (χ3v) is 12.5. The molecule has 3 amide bonds. The van der Waals surface area contributed by atoms with Crippen LogP contribution in [0.3, 0.4) is 0 Å². The van der Waals surface area contributed by atoms with Gasteiger partial charge in [0.05, 0.1) is 22.4 Å². The van der Waals surface area contributed by atoms with Gasteiger partial charge in [0.15, 0.2) is 0 Å². The molecule has 1 atom stereocenters. The van der Waals surface area contributed by atoms with E-state index in [0.717, 1.165) is 104 Å². The fourth-order valence-corrected chi connectivity index (χ4v) is 9.40. The van der Waals surface area contributed by atoms with Gasteiger partial charge >= 0.3 is 5.69 Å². The van der Waals surface area contributed by atoms with Gasteiger partial charge in [-0.2, -0.15) is 5.10 Å². The molecule has 282 valence electrons. The second-order valence-electron chi connectivity index (χ2n) is 16.7. The summed E-state index contributed by atoms with van der Waals surface area (Å²) in [6, 6.07) is 13.3. The maximum absolute atomic E-state index is 13.7. The van der Waals surface area contributed by atoms with E-state index in [1.54, 1.807) is 16.2 Å². The van der Waals surface area contributed by atoms with Gasteiger partial charge in [-0.05, 0) is 80.2 Å². The molecule has 2 aromatic carbocycles. The van der Waals surface area contributed by atoms with E-state index in [2.05, 4.69) is 51.2 Å². The number of imide groups is 1. The van der Waals surface area contributed by atoms with Gasteiger partial charge < -0.3 is 14.8 Å². The first-order valence-electron chi connectivity index (χ1n) is 19.5. The van der Waals surface area contributed by atoms with Crippen LogP contribution in [0.25, 0.3) is 33.3 Å². The minimum absolute atomic E-state index is 0.0791. The Kier molecular flexibility index (Phi) is 8.51. The lowest BCUT2D eigenvalue weighted by atomic mass is 9.76. The number of benzene rings is 2. The van der Waals surface area contributed by atoms with Crippen molar-refractivity contribution in [1.29, 1.82) is 0 Å². The molecular formula is C41H49N9O4. The van der Waals surface area contributed by atoms with E-state index >= 15 is 0 Å². The number of anilines is 1. The number of hydrogen-bond acceptors (Lipinski definition) is 7. The van der Waals surface area contributed by atoms with Crippen LogP contribution in [-0.4, -0.2) is 97.7 Å². The quantitative estimate of drug-likeness (QED) is 0.220. The zero-order valence-corrected chi connectivity index (χ0v) is 31.4. The van der Waals surface area contributed by atoms with Gasteiger partial charge in [-0.15, -0.1) is 0 Å².